The van der Waals surface area contributed by atoms with E-state index in [2.05, 4.69) is 5.32 Å². The smallest absolute Gasteiger partial charge is 0.251 e. The van der Waals surface area contributed by atoms with Gasteiger partial charge in [0, 0.05) is 19.2 Å². The van der Waals surface area contributed by atoms with Crippen LogP contribution in [0.3, 0.4) is 0 Å². The maximum absolute atomic E-state index is 12.1. The number of rotatable bonds is 9. The molecule has 0 saturated heterocycles. The molecule has 2 N–H and O–H groups in total. The van der Waals surface area contributed by atoms with Crippen LogP contribution in [0.1, 0.15) is 42.5 Å². The molecule has 122 valence electrons. The fraction of sp³-hybridized carbons (Fsp3) is 0.588. The second-order valence-corrected chi connectivity index (χ2v) is 5.81. The molecule has 0 atom stereocenters. The molecule has 0 aliphatic heterocycles. The minimum Gasteiger partial charge on any atom is -0.491 e. The lowest BCUT2D eigenvalue weighted by molar-refractivity contribution is -0.0413. The van der Waals surface area contributed by atoms with Crippen LogP contribution in [0.2, 0.25) is 0 Å². The summed E-state index contributed by atoms with van der Waals surface area (Å²) in [6.07, 6.45) is 4.45. The van der Waals surface area contributed by atoms with E-state index in [1.165, 1.54) is 0 Å². The Hall–Kier alpha value is -1.59. The van der Waals surface area contributed by atoms with Crippen molar-refractivity contribution in [3.8, 4) is 5.75 Å². The van der Waals surface area contributed by atoms with Gasteiger partial charge in [0.15, 0.2) is 0 Å². The molecule has 0 radical (unpaired) electrons. The Morgan fingerprint density at radius 1 is 1.36 bits per heavy atom. The molecule has 1 saturated carbocycles. The first-order chi connectivity index (χ1) is 10.6. The highest BCUT2D eigenvalue weighted by Gasteiger charge is 2.33. The maximum Gasteiger partial charge on any atom is 0.251 e. The van der Waals surface area contributed by atoms with E-state index in [-0.39, 0.29) is 5.91 Å². The van der Waals surface area contributed by atoms with Crippen LogP contribution in [0, 0.1) is 0 Å². The van der Waals surface area contributed by atoms with Gasteiger partial charge in [-0.25, -0.2) is 0 Å². The van der Waals surface area contributed by atoms with Crippen molar-refractivity contribution in [2.24, 2.45) is 0 Å². The predicted octanol–water partition coefficient (Wildman–Crippen LogP) is 2.14. The van der Waals surface area contributed by atoms with Gasteiger partial charge in [-0.2, -0.15) is 0 Å². The molecule has 1 aromatic carbocycles. The van der Waals surface area contributed by atoms with Crippen LogP contribution in [-0.2, 0) is 4.74 Å². The lowest BCUT2D eigenvalue weighted by Crippen LogP contribution is -2.37. The molecule has 1 aliphatic carbocycles. The van der Waals surface area contributed by atoms with Gasteiger partial charge < -0.3 is 19.9 Å². The largest absolute Gasteiger partial charge is 0.491 e. The highest BCUT2D eigenvalue weighted by Crippen LogP contribution is 2.35. The summed E-state index contributed by atoms with van der Waals surface area (Å²) in [6, 6.07) is 7.11. The van der Waals surface area contributed by atoms with E-state index >= 15 is 0 Å². The number of ether oxygens (including phenoxy) is 2. The number of carbonyl (C=O) groups excluding carboxylic acids is 1. The van der Waals surface area contributed by atoms with E-state index in [9.17, 15) is 9.90 Å². The average Bonchev–Trinajstić information content (AvgIpc) is 2.50. The van der Waals surface area contributed by atoms with Gasteiger partial charge in [-0.05, 0) is 50.3 Å². The first-order valence-corrected chi connectivity index (χ1v) is 7.85. The van der Waals surface area contributed by atoms with Crippen LogP contribution in [-0.4, -0.2) is 43.5 Å². The molecule has 1 amide bonds. The molecule has 2 rings (SSSR count). The molecule has 1 aromatic rings. The molecule has 5 heteroatoms. The molecular formula is C17H25NO4. The van der Waals surface area contributed by atoms with Gasteiger partial charge in [0.2, 0.25) is 0 Å². The second kappa shape index (κ2) is 8.15. The second-order valence-electron chi connectivity index (χ2n) is 5.81. The number of hydrogen-bond donors (Lipinski definition) is 2. The summed E-state index contributed by atoms with van der Waals surface area (Å²) >= 11 is 0. The lowest BCUT2D eigenvalue weighted by atomic mass is 9.77. The third-order valence-corrected chi connectivity index (χ3v) is 4.04. The fourth-order valence-electron chi connectivity index (χ4n) is 2.53. The van der Waals surface area contributed by atoms with E-state index < -0.39 is 5.60 Å². The van der Waals surface area contributed by atoms with Crippen molar-refractivity contribution in [1.82, 2.24) is 5.32 Å². The highest BCUT2D eigenvalue weighted by molar-refractivity contribution is 5.94. The van der Waals surface area contributed by atoms with Crippen LogP contribution < -0.4 is 10.1 Å². The minimum atomic E-state index is -0.472. The Morgan fingerprint density at radius 3 is 2.86 bits per heavy atom. The van der Waals surface area contributed by atoms with Crippen molar-refractivity contribution in [2.45, 2.75) is 37.7 Å². The maximum atomic E-state index is 12.1. The summed E-state index contributed by atoms with van der Waals surface area (Å²) in [4.78, 5) is 12.1. The summed E-state index contributed by atoms with van der Waals surface area (Å²) in [7, 11) is 1.62. The molecule has 1 aliphatic rings. The minimum absolute atomic E-state index is 0.113. The van der Waals surface area contributed by atoms with Crippen molar-refractivity contribution >= 4 is 5.91 Å². The van der Waals surface area contributed by atoms with Gasteiger partial charge >= 0.3 is 0 Å². The fourth-order valence-corrected chi connectivity index (χ4v) is 2.53. The van der Waals surface area contributed by atoms with E-state index in [0.717, 1.165) is 32.1 Å². The van der Waals surface area contributed by atoms with E-state index in [1.54, 1.807) is 25.3 Å². The Bertz CT molecular complexity index is 485. The predicted molar refractivity (Wildman–Crippen MR) is 84.2 cm³/mol. The standard InChI is InChI=1S/C17H25NO4/c1-21-11-12-22-15-6-2-5-14(13-15)16(19)18-10-4-9-17(20)7-3-8-17/h2,5-6,13,20H,3-4,7-12H2,1H3,(H,18,19). The summed E-state index contributed by atoms with van der Waals surface area (Å²) in [6.45, 7) is 1.55. The van der Waals surface area contributed by atoms with Crippen LogP contribution in [0.25, 0.3) is 0 Å². The first-order valence-electron chi connectivity index (χ1n) is 7.85. The molecule has 0 heterocycles. The van der Waals surface area contributed by atoms with Gasteiger partial charge in [-0.1, -0.05) is 6.07 Å². The van der Waals surface area contributed by atoms with Crippen LogP contribution in [0.15, 0.2) is 24.3 Å². The van der Waals surface area contributed by atoms with E-state index in [4.69, 9.17) is 9.47 Å². The Balaban J connectivity index is 1.73. The lowest BCUT2D eigenvalue weighted by Gasteiger charge is -2.36. The average molecular weight is 307 g/mol. The number of carbonyl (C=O) groups is 1. The third-order valence-electron chi connectivity index (χ3n) is 4.04. The van der Waals surface area contributed by atoms with Crippen LogP contribution in [0.5, 0.6) is 5.75 Å². The third kappa shape index (κ3) is 5.00. The molecular weight excluding hydrogens is 282 g/mol. The van der Waals surface area contributed by atoms with Gasteiger partial charge in [-0.15, -0.1) is 0 Å². The number of aliphatic hydroxyl groups is 1. The van der Waals surface area contributed by atoms with Gasteiger partial charge in [0.25, 0.3) is 5.91 Å². The summed E-state index contributed by atoms with van der Waals surface area (Å²) in [5.41, 5.74) is 0.108. The van der Waals surface area contributed by atoms with Gasteiger partial charge in [0.05, 0.1) is 12.2 Å². The molecule has 5 nitrogen and oxygen atoms in total. The number of hydrogen-bond acceptors (Lipinski definition) is 4. The zero-order valence-corrected chi connectivity index (χ0v) is 13.1. The molecule has 0 bridgehead atoms. The summed E-state index contributed by atoms with van der Waals surface area (Å²) < 4.78 is 10.4. The van der Waals surface area contributed by atoms with Crippen LogP contribution in [0.4, 0.5) is 0 Å². The highest BCUT2D eigenvalue weighted by atomic mass is 16.5. The molecule has 22 heavy (non-hydrogen) atoms. The Morgan fingerprint density at radius 2 is 2.18 bits per heavy atom. The topological polar surface area (TPSA) is 67.8 Å². The zero-order valence-electron chi connectivity index (χ0n) is 13.1. The van der Waals surface area contributed by atoms with Gasteiger partial charge in [-0.3, -0.25) is 4.79 Å². The number of benzene rings is 1. The molecule has 0 spiro atoms. The van der Waals surface area contributed by atoms with Crippen molar-refractivity contribution < 1.29 is 19.4 Å². The molecule has 0 aromatic heterocycles. The molecule has 1 fully saturated rings. The van der Waals surface area contributed by atoms with E-state index in [0.29, 0.717) is 31.1 Å². The van der Waals surface area contributed by atoms with Crippen LogP contribution >= 0.6 is 0 Å². The summed E-state index contributed by atoms with van der Waals surface area (Å²) in [5, 5.41) is 12.9. The van der Waals surface area contributed by atoms with Gasteiger partial charge in [0.1, 0.15) is 12.4 Å². The Labute approximate surface area is 131 Å². The normalized spacial score (nSPS) is 15.9. The number of nitrogens with one attached hydrogen (secondary N) is 1. The Kier molecular flexibility index (Phi) is 6.21. The summed E-state index contributed by atoms with van der Waals surface area (Å²) in [5.74, 6) is 0.547. The first kappa shape index (κ1) is 16.8. The number of methoxy groups -OCH3 is 1. The quantitative estimate of drug-likeness (QED) is 0.686. The number of amides is 1. The molecule has 0 unspecified atom stereocenters. The van der Waals surface area contributed by atoms with E-state index in [1.807, 2.05) is 6.07 Å². The van der Waals surface area contributed by atoms with Crippen molar-refractivity contribution in [2.75, 3.05) is 26.9 Å². The monoisotopic (exact) mass is 307 g/mol. The van der Waals surface area contributed by atoms with Crippen molar-refractivity contribution in [3.05, 3.63) is 29.8 Å². The zero-order chi connectivity index (χ0) is 15.8. The SMILES string of the molecule is COCCOc1cccc(C(=O)NCCCC2(O)CCC2)c1. The van der Waals surface area contributed by atoms with Crippen molar-refractivity contribution in [3.63, 3.8) is 0 Å². The van der Waals surface area contributed by atoms with Crippen molar-refractivity contribution in [1.29, 1.82) is 0 Å².